The molecule has 0 aromatic heterocycles. The van der Waals surface area contributed by atoms with E-state index in [2.05, 4.69) is 10.1 Å². The van der Waals surface area contributed by atoms with E-state index >= 15 is 0 Å². The first-order valence-electron chi connectivity index (χ1n) is 4.16. The van der Waals surface area contributed by atoms with E-state index in [1.54, 1.807) is 0 Å². The molecule has 2 N–H and O–H groups in total. The smallest absolute Gasteiger partial charge is 0.373 e. The number of rotatable bonds is 3. The molecule has 0 aromatic carbocycles. The van der Waals surface area contributed by atoms with Crippen molar-refractivity contribution in [3.8, 4) is 0 Å². The van der Waals surface area contributed by atoms with E-state index in [-0.39, 0.29) is 23.6 Å². The zero-order chi connectivity index (χ0) is 10.1. The second-order valence-electron chi connectivity index (χ2n) is 3.10. The predicted molar refractivity (Wildman–Crippen MR) is 49.6 cm³/mol. The van der Waals surface area contributed by atoms with Gasteiger partial charge in [-0.25, -0.2) is 4.79 Å². The fourth-order valence-electron chi connectivity index (χ4n) is 1.17. The van der Waals surface area contributed by atoms with Crippen LogP contribution in [0, 0.1) is 0 Å². The van der Waals surface area contributed by atoms with Gasteiger partial charge in [0.1, 0.15) is 6.61 Å². The van der Waals surface area contributed by atoms with Crippen molar-refractivity contribution in [1.82, 2.24) is 5.32 Å². The summed E-state index contributed by atoms with van der Waals surface area (Å²) >= 11 is 1.49. The predicted octanol–water partition coefficient (Wildman–Crippen LogP) is -0.0655. The Hall–Kier alpha value is -1.17. The van der Waals surface area contributed by atoms with Gasteiger partial charge in [-0.05, 0) is 0 Å². The van der Waals surface area contributed by atoms with Crippen LogP contribution in [-0.4, -0.2) is 34.7 Å². The molecule has 14 heavy (non-hydrogen) atoms. The van der Waals surface area contributed by atoms with Crippen molar-refractivity contribution in [3.63, 3.8) is 0 Å². The zero-order valence-corrected chi connectivity index (χ0v) is 8.10. The number of esters is 1. The average Bonchev–Trinajstić information content (AvgIpc) is 2.41. The van der Waals surface area contributed by atoms with E-state index in [4.69, 9.17) is 0 Å². The Balaban J connectivity index is 1.81. The standard InChI is InChI=1S/C8H9NO4S/c10-5-1-6(9-5)14-3-4-2-13-8(12)7(4)11/h6,11H,1-3H2,(H,9,10)/t6-/m1/s1. The molecule has 1 saturated heterocycles. The number of amides is 1. The average molecular weight is 215 g/mol. The molecule has 6 heteroatoms. The third-order valence-corrected chi connectivity index (χ3v) is 3.26. The highest BCUT2D eigenvalue weighted by atomic mass is 32.2. The van der Waals surface area contributed by atoms with E-state index in [1.165, 1.54) is 11.8 Å². The van der Waals surface area contributed by atoms with E-state index in [1.807, 2.05) is 0 Å². The molecule has 1 atom stereocenters. The lowest BCUT2D eigenvalue weighted by molar-refractivity contribution is -0.138. The lowest BCUT2D eigenvalue weighted by atomic mass is 10.3. The number of carbonyl (C=O) groups excluding carboxylic acids is 2. The molecule has 2 heterocycles. The second kappa shape index (κ2) is 3.53. The summed E-state index contributed by atoms with van der Waals surface area (Å²) in [5, 5.41) is 12.0. The first-order valence-corrected chi connectivity index (χ1v) is 5.21. The molecule has 2 aliphatic heterocycles. The van der Waals surface area contributed by atoms with Gasteiger partial charge in [-0.2, -0.15) is 0 Å². The summed E-state index contributed by atoms with van der Waals surface area (Å²) in [5.74, 6) is -0.372. The van der Waals surface area contributed by atoms with Gasteiger partial charge >= 0.3 is 5.97 Å². The number of β-lactam (4-membered cyclic amide) rings is 1. The summed E-state index contributed by atoms with van der Waals surface area (Å²) in [4.78, 5) is 21.3. The molecule has 1 amide bonds. The van der Waals surface area contributed by atoms with Gasteiger partial charge in [0.05, 0.1) is 11.8 Å². The van der Waals surface area contributed by atoms with Crippen LogP contribution < -0.4 is 5.32 Å². The normalized spacial score (nSPS) is 25.9. The fraction of sp³-hybridized carbons (Fsp3) is 0.500. The van der Waals surface area contributed by atoms with Crippen LogP contribution in [0.15, 0.2) is 11.3 Å². The monoisotopic (exact) mass is 215 g/mol. The van der Waals surface area contributed by atoms with Crippen LogP contribution in [0.25, 0.3) is 0 Å². The summed E-state index contributed by atoms with van der Waals surface area (Å²) in [6, 6.07) is 0. The number of aliphatic hydroxyl groups is 1. The quantitative estimate of drug-likeness (QED) is 0.509. The number of hydrogen-bond donors (Lipinski definition) is 2. The van der Waals surface area contributed by atoms with E-state index in [0.29, 0.717) is 17.7 Å². The van der Waals surface area contributed by atoms with E-state index in [0.717, 1.165) is 0 Å². The highest BCUT2D eigenvalue weighted by molar-refractivity contribution is 8.00. The summed E-state index contributed by atoms with van der Waals surface area (Å²) in [5.41, 5.74) is 0.598. The molecule has 0 spiro atoms. The van der Waals surface area contributed by atoms with Crippen molar-refractivity contribution < 1.29 is 19.4 Å². The minimum absolute atomic E-state index is 0.0412. The highest BCUT2D eigenvalue weighted by Gasteiger charge is 2.28. The van der Waals surface area contributed by atoms with Gasteiger partial charge < -0.3 is 15.2 Å². The van der Waals surface area contributed by atoms with Crippen molar-refractivity contribution in [2.75, 3.05) is 12.4 Å². The minimum Gasteiger partial charge on any atom is -0.502 e. The summed E-state index contributed by atoms with van der Waals surface area (Å²) in [7, 11) is 0. The summed E-state index contributed by atoms with van der Waals surface area (Å²) in [6.07, 6.45) is 0.507. The maximum absolute atomic E-state index is 10.8. The van der Waals surface area contributed by atoms with E-state index in [9.17, 15) is 14.7 Å². The van der Waals surface area contributed by atoms with Crippen molar-refractivity contribution in [1.29, 1.82) is 0 Å². The Morgan fingerprint density at radius 1 is 1.57 bits per heavy atom. The summed E-state index contributed by atoms with van der Waals surface area (Å²) < 4.78 is 4.62. The number of cyclic esters (lactones) is 1. The molecule has 76 valence electrons. The molecular weight excluding hydrogens is 206 g/mol. The number of ether oxygens (including phenoxy) is 1. The molecule has 5 nitrogen and oxygen atoms in total. The third-order valence-electron chi connectivity index (χ3n) is 2.06. The van der Waals surface area contributed by atoms with Crippen molar-refractivity contribution in [2.45, 2.75) is 11.8 Å². The lowest BCUT2D eigenvalue weighted by Crippen LogP contribution is -2.46. The summed E-state index contributed by atoms with van der Waals surface area (Å²) in [6.45, 7) is 0.165. The van der Waals surface area contributed by atoms with Gasteiger partial charge in [-0.3, -0.25) is 4.79 Å². The molecule has 0 saturated carbocycles. The van der Waals surface area contributed by atoms with Crippen LogP contribution >= 0.6 is 11.8 Å². The Labute approximate surface area is 84.5 Å². The van der Waals surface area contributed by atoms with Gasteiger partial charge in [-0.1, -0.05) is 0 Å². The van der Waals surface area contributed by atoms with Crippen LogP contribution in [-0.2, 0) is 14.3 Å². The molecule has 2 aliphatic rings. The van der Waals surface area contributed by atoms with Gasteiger partial charge in [0.2, 0.25) is 11.7 Å². The third kappa shape index (κ3) is 1.70. The topological polar surface area (TPSA) is 75.6 Å². The maximum Gasteiger partial charge on any atom is 0.373 e. The van der Waals surface area contributed by atoms with Crippen LogP contribution in [0.4, 0.5) is 0 Å². The first kappa shape index (κ1) is 9.39. The number of carbonyl (C=O) groups is 2. The van der Waals surface area contributed by atoms with Gasteiger partial charge in [0, 0.05) is 11.3 Å². The second-order valence-corrected chi connectivity index (χ2v) is 4.29. The SMILES string of the molecule is O=C1C[C@@H](SCC2=C(O)C(=O)OC2)N1. The first-order chi connectivity index (χ1) is 6.66. The fourth-order valence-corrected chi connectivity index (χ4v) is 2.28. The van der Waals surface area contributed by atoms with Crippen LogP contribution in [0.5, 0.6) is 0 Å². The van der Waals surface area contributed by atoms with E-state index < -0.39 is 5.97 Å². The van der Waals surface area contributed by atoms with Crippen molar-refractivity contribution in [2.24, 2.45) is 0 Å². The molecule has 1 fully saturated rings. The molecule has 0 bridgehead atoms. The zero-order valence-electron chi connectivity index (χ0n) is 7.28. The molecule has 0 unspecified atom stereocenters. The van der Waals surface area contributed by atoms with Crippen molar-refractivity contribution in [3.05, 3.63) is 11.3 Å². The van der Waals surface area contributed by atoms with Crippen molar-refractivity contribution >= 4 is 23.6 Å². The van der Waals surface area contributed by atoms with Gasteiger partial charge in [0.15, 0.2) is 0 Å². The highest BCUT2D eigenvalue weighted by Crippen LogP contribution is 2.24. The van der Waals surface area contributed by atoms with Crippen LogP contribution in [0.1, 0.15) is 6.42 Å². The van der Waals surface area contributed by atoms with Crippen LogP contribution in [0.3, 0.4) is 0 Å². The Bertz CT molecular complexity index is 317. The Kier molecular flexibility index (Phi) is 2.37. The molecule has 0 radical (unpaired) electrons. The maximum atomic E-state index is 10.8. The number of nitrogens with one attached hydrogen (secondary N) is 1. The molecular formula is C8H9NO4S. The minimum atomic E-state index is -0.654. The number of thioether (sulfide) groups is 1. The number of hydrogen-bond acceptors (Lipinski definition) is 5. The Morgan fingerprint density at radius 2 is 2.29 bits per heavy atom. The molecule has 0 aromatic rings. The largest absolute Gasteiger partial charge is 0.502 e. The van der Waals surface area contributed by atoms with Crippen LogP contribution in [0.2, 0.25) is 0 Å². The number of aliphatic hydroxyl groups excluding tert-OH is 1. The van der Waals surface area contributed by atoms with Gasteiger partial charge in [-0.15, -0.1) is 11.8 Å². The molecule has 2 rings (SSSR count). The lowest BCUT2D eigenvalue weighted by Gasteiger charge is -2.25. The van der Waals surface area contributed by atoms with Gasteiger partial charge in [0.25, 0.3) is 0 Å². The Morgan fingerprint density at radius 3 is 2.79 bits per heavy atom. The molecule has 0 aliphatic carbocycles.